The van der Waals surface area contributed by atoms with Crippen molar-refractivity contribution in [3.05, 3.63) is 0 Å². The summed E-state index contributed by atoms with van der Waals surface area (Å²) in [6.45, 7) is 7.52. The molecule has 1 N–H and O–H groups in total. The summed E-state index contributed by atoms with van der Waals surface area (Å²) in [7, 11) is 0. The highest BCUT2D eigenvalue weighted by Gasteiger charge is 2.16. The fourth-order valence-electron chi connectivity index (χ4n) is 1.64. The molecule has 1 aliphatic heterocycles. The van der Waals surface area contributed by atoms with Gasteiger partial charge in [0.05, 0.1) is 0 Å². The van der Waals surface area contributed by atoms with Crippen LogP contribution >= 0.6 is 22.6 Å². The van der Waals surface area contributed by atoms with Crippen LogP contribution in [0.4, 0.5) is 0 Å². The van der Waals surface area contributed by atoms with Crippen LogP contribution in [0.3, 0.4) is 0 Å². The smallest absolute Gasteiger partial charge is 0.113 e. The minimum Gasteiger partial charge on any atom is -0.365 e. The first kappa shape index (κ1) is 11.7. The Morgan fingerprint density at radius 3 is 2.54 bits per heavy atom. The predicted octanol–water partition coefficient (Wildman–Crippen LogP) is 2.56. The minimum atomic E-state index is 0.00464. The maximum Gasteiger partial charge on any atom is 0.113 e. The molecule has 78 valence electrons. The summed E-state index contributed by atoms with van der Waals surface area (Å²) in [6.07, 6.45) is 3.88. The van der Waals surface area contributed by atoms with Gasteiger partial charge in [-0.1, -0.05) is 0 Å². The highest BCUT2D eigenvalue weighted by molar-refractivity contribution is 14.1. The Morgan fingerprint density at radius 1 is 1.38 bits per heavy atom. The molecule has 0 radical (unpaired) electrons. The van der Waals surface area contributed by atoms with E-state index >= 15 is 0 Å². The number of hydrogen-bond acceptors (Lipinski definition) is 2. The largest absolute Gasteiger partial charge is 0.365 e. The van der Waals surface area contributed by atoms with Crippen molar-refractivity contribution < 1.29 is 4.74 Å². The van der Waals surface area contributed by atoms with Gasteiger partial charge in [-0.2, -0.15) is 0 Å². The van der Waals surface area contributed by atoms with Gasteiger partial charge in [0.2, 0.25) is 0 Å². The van der Waals surface area contributed by atoms with Crippen molar-refractivity contribution in [1.29, 1.82) is 0 Å². The van der Waals surface area contributed by atoms with Gasteiger partial charge < -0.3 is 10.1 Å². The average Bonchev–Trinajstić information content (AvgIpc) is 2.04. The molecule has 1 aliphatic rings. The van der Waals surface area contributed by atoms with E-state index in [0.717, 1.165) is 12.5 Å². The maximum absolute atomic E-state index is 5.70. The fourth-order valence-corrected chi connectivity index (χ4v) is 1.86. The van der Waals surface area contributed by atoms with Gasteiger partial charge in [0.1, 0.15) is 3.61 Å². The van der Waals surface area contributed by atoms with Crippen LogP contribution in [0.15, 0.2) is 0 Å². The number of ether oxygens (including phenoxy) is 1. The molecule has 3 heteroatoms. The van der Waals surface area contributed by atoms with Crippen molar-refractivity contribution in [1.82, 2.24) is 5.32 Å². The summed E-state index contributed by atoms with van der Waals surface area (Å²) in [5.41, 5.74) is 0. The molecule has 0 atom stereocenters. The van der Waals surface area contributed by atoms with Crippen LogP contribution in [0.5, 0.6) is 0 Å². The Morgan fingerprint density at radius 2 is 2.00 bits per heavy atom. The Kier molecular flexibility index (Phi) is 4.97. The molecule has 1 heterocycles. The maximum atomic E-state index is 5.70. The highest BCUT2D eigenvalue weighted by atomic mass is 127. The zero-order valence-corrected chi connectivity index (χ0v) is 10.8. The molecule has 0 aromatic carbocycles. The summed E-state index contributed by atoms with van der Waals surface area (Å²) >= 11 is 2.34. The van der Waals surface area contributed by atoms with Crippen LogP contribution in [-0.2, 0) is 4.74 Å². The molecule has 13 heavy (non-hydrogen) atoms. The second kappa shape index (κ2) is 5.51. The monoisotopic (exact) mass is 297 g/mol. The van der Waals surface area contributed by atoms with Gasteiger partial charge >= 0.3 is 0 Å². The molecule has 0 spiro atoms. The van der Waals surface area contributed by atoms with Gasteiger partial charge in [-0.25, -0.2) is 0 Å². The first-order chi connectivity index (χ1) is 6.08. The normalized spacial score (nSPS) is 20.5. The van der Waals surface area contributed by atoms with Crippen LogP contribution in [0.2, 0.25) is 0 Å². The molecule has 0 aromatic rings. The molecule has 0 saturated carbocycles. The van der Waals surface area contributed by atoms with Crippen molar-refractivity contribution in [3.8, 4) is 0 Å². The minimum absolute atomic E-state index is 0.00464. The van der Waals surface area contributed by atoms with E-state index in [1.807, 2.05) is 0 Å². The van der Waals surface area contributed by atoms with Gasteiger partial charge in [0.15, 0.2) is 0 Å². The summed E-state index contributed by atoms with van der Waals surface area (Å²) < 4.78 is 5.70. The van der Waals surface area contributed by atoms with E-state index in [9.17, 15) is 0 Å². The van der Waals surface area contributed by atoms with Crippen LogP contribution in [0, 0.1) is 5.92 Å². The zero-order chi connectivity index (χ0) is 9.73. The Labute approximate surface area is 94.9 Å². The number of hydrogen-bond donors (Lipinski definition) is 1. The van der Waals surface area contributed by atoms with E-state index in [-0.39, 0.29) is 3.61 Å². The molecular formula is C10H20INO. The van der Waals surface area contributed by atoms with E-state index in [4.69, 9.17) is 4.74 Å². The second-order valence-corrected chi connectivity index (χ2v) is 6.79. The molecule has 1 saturated heterocycles. The molecule has 0 aromatic heterocycles. The third kappa shape index (κ3) is 5.86. The van der Waals surface area contributed by atoms with Crippen LogP contribution in [-0.4, -0.2) is 23.3 Å². The molecule has 2 nitrogen and oxygen atoms in total. The van der Waals surface area contributed by atoms with E-state index in [1.165, 1.54) is 32.4 Å². The molecule has 0 amide bonds. The molecule has 0 unspecified atom stereocenters. The van der Waals surface area contributed by atoms with Crippen molar-refractivity contribution >= 4 is 22.6 Å². The van der Waals surface area contributed by atoms with E-state index in [2.05, 4.69) is 41.8 Å². The lowest BCUT2D eigenvalue weighted by Crippen LogP contribution is -2.28. The molecule has 0 aliphatic carbocycles. The Bertz CT molecular complexity index is 138. The van der Waals surface area contributed by atoms with Gasteiger partial charge in [-0.05, 0) is 74.7 Å². The first-order valence-electron chi connectivity index (χ1n) is 5.11. The van der Waals surface area contributed by atoms with Gasteiger partial charge in [0, 0.05) is 6.61 Å². The Hall–Kier alpha value is 0.650. The highest BCUT2D eigenvalue weighted by Crippen LogP contribution is 2.21. The molecule has 1 rings (SSSR count). The van der Waals surface area contributed by atoms with Crippen molar-refractivity contribution in [3.63, 3.8) is 0 Å². The van der Waals surface area contributed by atoms with Crippen molar-refractivity contribution in [2.45, 2.75) is 36.7 Å². The summed E-state index contributed by atoms with van der Waals surface area (Å²) in [5.74, 6) is 0.889. The van der Waals surface area contributed by atoms with Crippen LogP contribution < -0.4 is 5.32 Å². The average molecular weight is 297 g/mol. The van der Waals surface area contributed by atoms with E-state index < -0.39 is 0 Å². The first-order valence-corrected chi connectivity index (χ1v) is 6.19. The third-order valence-electron chi connectivity index (χ3n) is 2.43. The molecule has 0 bridgehead atoms. The lowest BCUT2D eigenvalue weighted by atomic mass is 9.95. The van der Waals surface area contributed by atoms with E-state index in [1.54, 1.807) is 0 Å². The second-order valence-electron chi connectivity index (χ2n) is 4.19. The predicted molar refractivity (Wildman–Crippen MR) is 64.3 cm³/mol. The van der Waals surface area contributed by atoms with Crippen LogP contribution in [0.1, 0.15) is 33.1 Å². The molecule has 1 fully saturated rings. The number of halogens is 1. The van der Waals surface area contributed by atoms with Crippen molar-refractivity contribution in [2.75, 3.05) is 19.7 Å². The number of rotatable bonds is 4. The zero-order valence-electron chi connectivity index (χ0n) is 8.61. The third-order valence-corrected chi connectivity index (χ3v) is 2.74. The van der Waals surface area contributed by atoms with Crippen molar-refractivity contribution in [2.24, 2.45) is 5.92 Å². The number of alkyl halides is 1. The Balaban J connectivity index is 2.04. The SMILES string of the molecule is CC(C)(I)OCCC1CCNCC1. The van der Waals surface area contributed by atoms with Gasteiger partial charge in [0.25, 0.3) is 0 Å². The summed E-state index contributed by atoms with van der Waals surface area (Å²) in [4.78, 5) is 0. The summed E-state index contributed by atoms with van der Waals surface area (Å²) in [5, 5.41) is 3.38. The topological polar surface area (TPSA) is 21.3 Å². The molecular weight excluding hydrogens is 277 g/mol. The lowest BCUT2D eigenvalue weighted by Gasteiger charge is -2.24. The fraction of sp³-hybridized carbons (Fsp3) is 1.00. The number of piperidine rings is 1. The van der Waals surface area contributed by atoms with E-state index in [0.29, 0.717) is 0 Å². The van der Waals surface area contributed by atoms with Crippen LogP contribution in [0.25, 0.3) is 0 Å². The lowest BCUT2D eigenvalue weighted by molar-refractivity contribution is 0.0535. The standard InChI is InChI=1S/C10H20INO/c1-10(2,11)13-8-5-9-3-6-12-7-4-9/h9,12H,3-8H2,1-2H3. The number of nitrogens with one attached hydrogen (secondary N) is 1. The summed E-state index contributed by atoms with van der Waals surface area (Å²) in [6, 6.07) is 0. The van der Waals surface area contributed by atoms with Gasteiger partial charge in [-0.15, -0.1) is 0 Å². The van der Waals surface area contributed by atoms with Gasteiger partial charge in [-0.3, -0.25) is 0 Å². The quantitative estimate of drug-likeness (QED) is 0.636.